The number of aromatic nitrogens is 3. The zero-order valence-corrected chi connectivity index (χ0v) is 11.1. The smallest absolute Gasteiger partial charge is 0.126 e. The van der Waals surface area contributed by atoms with Crippen molar-refractivity contribution < 1.29 is 0 Å². The summed E-state index contributed by atoms with van der Waals surface area (Å²) in [5.41, 5.74) is 10.7. The van der Waals surface area contributed by atoms with Crippen molar-refractivity contribution in [3.63, 3.8) is 0 Å². The standard InChI is InChI=1S/C14H16N6/c1-20-14(15)12(8-18-20)13(19-16)10-4-2-3-9-5-6-17-7-11(9)10/h2-8,13,19H,15-16H2,1H3. The van der Waals surface area contributed by atoms with E-state index in [1.54, 1.807) is 24.1 Å². The van der Waals surface area contributed by atoms with Crippen molar-refractivity contribution in [1.29, 1.82) is 0 Å². The lowest BCUT2D eigenvalue weighted by molar-refractivity contribution is 0.642. The van der Waals surface area contributed by atoms with E-state index in [2.05, 4.69) is 15.5 Å². The predicted molar refractivity (Wildman–Crippen MR) is 78.5 cm³/mol. The van der Waals surface area contributed by atoms with Crippen molar-refractivity contribution in [2.24, 2.45) is 12.9 Å². The number of nitrogens with two attached hydrogens (primary N) is 2. The van der Waals surface area contributed by atoms with Gasteiger partial charge in [-0.05, 0) is 17.0 Å². The summed E-state index contributed by atoms with van der Waals surface area (Å²) < 4.78 is 1.63. The first-order valence-corrected chi connectivity index (χ1v) is 6.28. The second-order valence-electron chi connectivity index (χ2n) is 4.65. The van der Waals surface area contributed by atoms with Crippen LogP contribution in [0.1, 0.15) is 17.2 Å². The lowest BCUT2D eigenvalue weighted by Gasteiger charge is -2.18. The molecule has 3 rings (SSSR count). The number of nitrogen functional groups attached to an aromatic ring is 1. The summed E-state index contributed by atoms with van der Waals surface area (Å²) in [4.78, 5) is 4.19. The average molecular weight is 268 g/mol. The van der Waals surface area contributed by atoms with E-state index in [9.17, 15) is 0 Å². The van der Waals surface area contributed by atoms with Gasteiger partial charge < -0.3 is 5.73 Å². The highest BCUT2D eigenvalue weighted by Crippen LogP contribution is 2.30. The first-order chi connectivity index (χ1) is 9.72. The molecule has 2 aromatic heterocycles. The Hall–Kier alpha value is -2.44. The first kappa shape index (κ1) is 12.6. The molecular formula is C14H16N6. The SMILES string of the molecule is Cn1ncc(C(NN)c2cccc3ccncc23)c1N. The zero-order chi connectivity index (χ0) is 14.1. The van der Waals surface area contributed by atoms with Crippen molar-refractivity contribution in [2.75, 3.05) is 5.73 Å². The molecule has 1 aromatic carbocycles. The van der Waals surface area contributed by atoms with Gasteiger partial charge in [0.1, 0.15) is 5.82 Å². The van der Waals surface area contributed by atoms with Crippen molar-refractivity contribution in [3.05, 3.63) is 54.0 Å². The van der Waals surface area contributed by atoms with Gasteiger partial charge in [-0.25, -0.2) is 5.43 Å². The molecule has 102 valence electrons. The van der Waals surface area contributed by atoms with Gasteiger partial charge in [-0.2, -0.15) is 5.10 Å². The third-order valence-electron chi connectivity index (χ3n) is 3.52. The molecule has 0 bridgehead atoms. The Labute approximate surface area is 116 Å². The van der Waals surface area contributed by atoms with Gasteiger partial charge in [0.2, 0.25) is 0 Å². The van der Waals surface area contributed by atoms with Crippen molar-refractivity contribution in [2.45, 2.75) is 6.04 Å². The largest absolute Gasteiger partial charge is 0.384 e. The minimum atomic E-state index is -0.225. The molecule has 0 aliphatic rings. The fourth-order valence-corrected chi connectivity index (χ4v) is 2.42. The molecule has 20 heavy (non-hydrogen) atoms. The van der Waals surface area contributed by atoms with Gasteiger partial charge in [0, 0.05) is 30.4 Å². The molecule has 6 heteroatoms. The highest BCUT2D eigenvalue weighted by Gasteiger charge is 2.20. The van der Waals surface area contributed by atoms with E-state index in [1.807, 2.05) is 30.5 Å². The minimum absolute atomic E-state index is 0.225. The van der Waals surface area contributed by atoms with Crippen LogP contribution >= 0.6 is 0 Å². The summed E-state index contributed by atoms with van der Waals surface area (Å²) in [5.74, 6) is 6.33. The van der Waals surface area contributed by atoms with Crippen molar-refractivity contribution >= 4 is 16.6 Å². The lowest BCUT2D eigenvalue weighted by Crippen LogP contribution is -2.29. The van der Waals surface area contributed by atoms with Gasteiger partial charge >= 0.3 is 0 Å². The molecule has 1 unspecified atom stereocenters. The van der Waals surface area contributed by atoms with E-state index in [1.165, 1.54) is 0 Å². The van der Waals surface area contributed by atoms with Gasteiger partial charge in [0.15, 0.2) is 0 Å². The third kappa shape index (κ3) is 1.91. The van der Waals surface area contributed by atoms with Crippen LogP contribution in [0.4, 0.5) is 5.82 Å². The molecule has 0 radical (unpaired) electrons. The Kier molecular flexibility index (Phi) is 3.09. The first-order valence-electron chi connectivity index (χ1n) is 6.28. The van der Waals surface area contributed by atoms with E-state index >= 15 is 0 Å². The molecule has 2 heterocycles. The zero-order valence-electron chi connectivity index (χ0n) is 11.1. The van der Waals surface area contributed by atoms with Crippen LogP contribution in [0.15, 0.2) is 42.9 Å². The number of pyridine rings is 1. The van der Waals surface area contributed by atoms with Crippen LogP contribution in [-0.4, -0.2) is 14.8 Å². The Morgan fingerprint density at radius 1 is 1.20 bits per heavy atom. The van der Waals surface area contributed by atoms with Gasteiger partial charge in [0.05, 0.1) is 12.2 Å². The van der Waals surface area contributed by atoms with Gasteiger partial charge in [-0.3, -0.25) is 15.5 Å². The lowest BCUT2D eigenvalue weighted by atomic mass is 9.96. The average Bonchev–Trinajstić information content (AvgIpc) is 2.81. The number of nitrogens with one attached hydrogen (secondary N) is 1. The maximum Gasteiger partial charge on any atom is 0.126 e. The number of rotatable bonds is 3. The maximum absolute atomic E-state index is 6.05. The maximum atomic E-state index is 6.05. The number of nitrogens with zero attached hydrogens (tertiary/aromatic N) is 3. The Bertz CT molecular complexity index is 743. The number of benzene rings is 1. The summed E-state index contributed by atoms with van der Waals surface area (Å²) in [6.07, 6.45) is 5.34. The number of hydrogen-bond donors (Lipinski definition) is 3. The van der Waals surface area contributed by atoms with E-state index in [4.69, 9.17) is 11.6 Å². The van der Waals surface area contributed by atoms with Gasteiger partial charge in [-0.15, -0.1) is 0 Å². The van der Waals surface area contributed by atoms with Crippen LogP contribution in [0, 0.1) is 0 Å². The fraction of sp³-hybridized carbons (Fsp3) is 0.143. The van der Waals surface area contributed by atoms with Crippen LogP contribution in [0.25, 0.3) is 10.8 Å². The van der Waals surface area contributed by atoms with Crippen LogP contribution < -0.4 is 17.0 Å². The highest BCUT2D eigenvalue weighted by molar-refractivity contribution is 5.85. The second-order valence-corrected chi connectivity index (χ2v) is 4.65. The Balaban J connectivity index is 2.19. The molecule has 0 spiro atoms. The molecule has 0 fully saturated rings. The summed E-state index contributed by atoms with van der Waals surface area (Å²) in [5, 5.41) is 6.33. The number of aryl methyl sites for hydroxylation is 1. The Morgan fingerprint density at radius 2 is 2.05 bits per heavy atom. The quantitative estimate of drug-likeness (QED) is 0.488. The molecule has 6 nitrogen and oxygen atoms in total. The second kappa shape index (κ2) is 4.92. The van der Waals surface area contributed by atoms with Crippen LogP contribution in [0.3, 0.4) is 0 Å². The topological polar surface area (TPSA) is 94.8 Å². The molecule has 0 saturated carbocycles. The third-order valence-corrected chi connectivity index (χ3v) is 3.52. The molecular weight excluding hydrogens is 252 g/mol. The molecule has 3 aromatic rings. The summed E-state index contributed by atoms with van der Waals surface area (Å²) >= 11 is 0. The molecule has 0 saturated heterocycles. The number of hydrazine groups is 1. The summed E-state index contributed by atoms with van der Waals surface area (Å²) in [6, 6.07) is 7.80. The fourth-order valence-electron chi connectivity index (χ4n) is 2.42. The van der Waals surface area contributed by atoms with E-state index in [0.29, 0.717) is 5.82 Å². The molecule has 0 aliphatic carbocycles. The summed E-state index contributed by atoms with van der Waals surface area (Å²) in [7, 11) is 1.80. The van der Waals surface area contributed by atoms with Crippen molar-refractivity contribution in [1.82, 2.24) is 20.2 Å². The minimum Gasteiger partial charge on any atom is -0.384 e. The van der Waals surface area contributed by atoms with Crippen molar-refractivity contribution in [3.8, 4) is 0 Å². The molecule has 5 N–H and O–H groups in total. The van der Waals surface area contributed by atoms with Gasteiger partial charge in [-0.1, -0.05) is 18.2 Å². The van der Waals surface area contributed by atoms with Crippen LogP contribution in [0.2, 0.25) is 0 Å². The van der Waals surface area contributed by atoms with E-state index < -0.39 is 0 Å². The van der Waals surface area contributed by atoms with Crippen LogP contribution in [-0.2, 0) is 7.05 Å². The van der Waals surface area contributed by atoms with Gasteiger partial charge in [0.25, 0.3) is 0 Å². The molecule has 0 amide bonds. The number of anilines is 1. The normalized spacial score (nSPS) is 12.7. The molecule has 0 aliphatic heterocycles. The summed E-state index contributed by atoms with van der Waals surface area (Å²) in [6.45, 7) is 0. The molecule has 1 atom stereocenters. The van der Waals surface area contributed by atoms with E-state index in [0.717, 1.165) is 21.9 Å². The number of fused-ring (bicyclic) bond motifs is 1. The Morgan fingerprint density at radius 3 is 2.75 bits per heavy atom. The highest BCUT2D eigenvalue weighted by atomic mass is 15.3. The van der Waals surface area contributed by atoms with E-state index in [-0.39, 0.29) is 6.04 Å². The van der Waals surface area contributed by atoms with Crippen LogP contribution in [0.5, 0.6) is 0 Å². The predicted octanol–water partition coefficient (Wildman–Crippen LogP) is 1.10. The monoisotopic (exact) mass is 268 g/mol. The number of hydrogen-bond acceptors (Lipinski definition) is 5.